The molecule has 0 aliphatic carbocycles. The van der Waals surface area contributed by atoms with E-state index < -0.39 is 0 Å². The highest BCUT2D eigenvalue weighted by atomic mass is 16.5. The summed E-state index contributed by atoms with van der Waals surface area (Å²) in [7, 11) is 1.83. The quantitative estimate of drug-likeness (QED) is 0.437. The lowest BCUT2D eigenvalue weighted by atomic mass is 10.0. The Morgan fingerprint density at radius 1 is 1.25 bits per heavy atom. The van der Waals surface area contributed by atoms with Crippen LogP contribution in [-0.4, -0.2) is 62.8 Å². The van der Waals surface area contributed by atoms with E-state index >= 15 is 0 Å². The van der Waals surface area contributed by atoms with E-state index in [1.807, 2.05) is 7.05 Å². The van der Waals surface area contributed by atoms with Crippen LogP contribution >= 0.6 is 0 Å². The van der Waals surface area contributed by atoms with E-state index in [4.69, 9.17) is 4.74 Å². The minimum atomic E-state index is -0.0207. The zero-order valence-corrected chi connectivity index (χ0v) is 13.1. The van der Waals surface area contributed by atoms with Crippen molar-refractivity contribution in [1.82, 2.24) is 15.5 Å². The van der Waals surface area contributed by atoms with Crippen molar-refractivity contribution < 1.29 is 4.74 Å². The number of hydrogen-bond acceptors (Lipinski definition) is 3. The van der Waals surface area contributed by atoms with Crippen molar-refractivity contribution in [2.75, 3.05) is 46.4 Å². The van der Waals surface area contributed by atoms with Gasteiger partial charge in [0.05, 0.1) is 5.60 Å². The second-order valence-electron chi connectivity index (χ2n) is 6.16. The van der Waals surface area contributed by atoms with Crippen LogP contribution in [-0.2, 0) is 4.74 Å². The third kappa shape index (κ3) is 4.94. The van der Waals surface area contributed by atoms with Crippen LogP contribution in [0.15, 0.2) is 4.99 Å². The SMILES string of the molecule is CN=C(NCCCN1CCCC1)NCC1(C)CCCO1. The highest BCUT2D eigenvalue weighted by Crippen LogP contribution is 2.23. The lowest BCUT2D eigenvalue weighted by Crippen LogP contribution is -2.46. The van der Waals surface area contributed by atoms with Gasteiger partial charge in [-0.1, -0.05) is 0 Å². The average Bonchev–Trinajstić information content (AvgIpc) is 3.10. The zero-order valence-electron chi connectivity index (χ0n) is 13.1. The molecule has 2 rings (SSSR count). The fourth-order valence-corrected chi connectivity index (χ4v) is 2.98. The van der Waals surface area contributed by atoms with Crippen LogP contribution in [0.1, 0.15) is 39.0 Å². The van der Waals surface area contributed by atoms with Gasteiger partial charge in [-0.3, -0.25) is 4.99 Å². The summed E-state index contributed by atoms with van der Waals surface area (Å²) >= 11 is 0. The summed E-state index contributed by atoms with van der Waals surface area (Å²) < 4.78 is 5.78. The molecule has 0 aromatic carbocycles. The van der Waals surface area contributed by atoms with Crippen LogP contribution in [0.3, 0.4) is 0 Å². The van der Waals surface area contributed by atoms with Gasteiger partial charge in [0.2, 0.25) is 0 Å². The van der Waals surface area contributed by atoms with Gasteiger partial charge < -0.3 is 20.3 Å². The van der Waals surface area contributed by atoms with Gasteiger partial charge in [-0.25, -0.2) is 0 Å². The maximum atomic E-state index is 5.78. The van der Waals surface area contributed by atoms with Gasteiger partial charge in [-0.05, 0) is 58.7 Å². The van der Waals surface area contributed by atoms with Crippen molar-refractivity contribution >= 4 is 5.96 Å². The Hall–Kier alpha value is -0.810. The minimum Gasteiger partial charge on any atom is -0.373 e. The Morgan fingerprint density at radius 3 is 2.70 bits per heavy atom. The van der Waals surface area contributed by atoms with E-state index in [1.165, 1.54) is 45.3 Å². The van der Waals surface area contributed by atoms with E-state index in [0.717, 1.165) is 32.1 Å². The fraction of sp³-hybridized carbons (Fsp3) is 0.933. The number of rotatable bonds is 6. The van der Waals surface area contributed by atoms with Crippen LogP contribution in [0.4, 0.5) is 0 Å². The lowest BCUT2D eigenvalue weighted by molar-refractivity contribution is 0.0243. The van der Waals surface area contributed by atoms with Crippen molar-refractivity contribution in [3.63, 3.8) is 0 Å². The summed E-state index contributed by atoms with van der Waals surface area (Å²) in [6.45, 7) is 8.64. The molecule has 20 heavy (non-hydrogen) atoms. The largest absolute Gasteiger partial charge is 0.373 e. The maximum absolute atomic E-state index is 5.78. The standard InChI is InChI=1S/C15H30N4O/c1-15(7-5-12-20-15)13-18-14(16-2)17-8-6-11-19-9-3-4-10-19/h3-13H2,1-2H3,(H2,16,17,18). The molecule has 0 bridgehead atoms. The highest BCUT2D eigenvalue weighted by molar-refractivity contribution is 5.79. The molecular formula is C15H30N4O. The molecule has 2 fully saturated rings. The molecule has 0 radical (unpaired) electrons. The van der Waals surface area contributed by atoms with E-state index in [1.54, 1.807) is 0 Å². The van der Waals surface area contributed by atoms with Crippen molar-refractivity contribution in [2.45, 2.75) is 44.6 Å². The first-order valence-electron chi connectivity index (χ1n) is 8.03. The Morgan fingerprint density at radius 2 is 2.05 bits per heavy atom. The summed E-state index contributed by atoms with van der Waals surface area (Å²) in [5.41, 5.74) is -0.0207. The van der Waals surface area contributed by atoms with Crippen LogP contribution in [0, 0.1) is 0 Å². The summed E-state index contributed by atoms with van der Waals surface area (Å²) in [5, 5.41) is 6.77. The number of hydrogen-bond donors (Lipinski definition) is 2. The summed E-state index contributed by atoms with van der Waals surface area (Å²) in [6, 6.07) is 0. The third-order valence-corrected chi connectivity index (χ3v) is 4.30. The van der Waals surface area contributed by atoms with Gasteiger partial charge in [0.1, 0.15) is 0 Å². The second kappa shape index (κ2) is 7.84. The number of likely N-dealkylation sites (tertiary alicyclic amines) is 1. The van der Waals surface area contributed by atoms with Crippen molar-refractivity contribution in [3.8, 4) is 0 Å². The first kappa shape index (κ1) is 15.6. The van der Waals surface area contributed by atoms with E-state index in [0.29, 0.717) is 0 Å². The first-order valence-corrected chi connectivity index (χ1v) is 8.03. The van der Waals surface area contributed by atoms with Crippen molar-refractivity contribution in [1.29, 1.82) is 0 Å². The monoisotopic (exact) mass is 282 g/mol. The molecule has 0 aromatic rings. The molecule has 0 spiro atoms. The molecule has 116 valence electrons. The van der Waals surface area contributed by atoms with Crippen LogP contribution in [0.5, 0.6) is 0 Å². The number of guanidine groups is 1. The average molecular weight is 282 g/mol. The molecule has 0 saturated carbocycles. The molecule has 2 aliphatic heterocycles. The van der Waals surface area contributed by atoms with E-state index in [-0.39, 0.29) is 5.60 Å². The molecule has 2 N–H and O–H groups in total. The Balaban J connectivity index is 1.57. The van der Waals surface area contributed by atoms with Crippen molar-refractivity contribution in [2.24, 2.45) is 4.99 Å². The minimum absolute atomic E-state index is 0.0207. The first-order chi connectivity index (χ1) is 9.72. The third-order valence-electron chi connectivity index (χ3n) is 4.30. The zero-order chi connectivity index (χ0) is 14.3. The van der Waals surface area contributed by atoms with Crippen LogP contribution in [0.25, 0.3) is 0 Å². The lowest BCUT2D eigenvalue weighted by Gasteiger charge is -2.24. The predicted octanol–water partition coefficient (Wildman–Crippen LogP) is 1.21. The van der Waals surface area contributed by atoms with Crippen LogP contribution < -0.4 is 10.6 Å². The number of aliphatic imine (C=N–C) groups is 1. The second-order valence-corrected chi connectivity index (χ2v) is 6.16. The highest BCUT2D eigenvalue weighted by Gasteiger charge is 2.29. The van der Waals surface area contributed by atoms with Gasteiger partial charge >= 0.3 is 0 Å². The van der Waals surface area contributed by atoms with E-state index in [2.05, 4.69) is 27.4 Å². The van der Waals surface area contributed by atoms with Crippen molar-refractivity contribution in [3.05, 3.63) is 0 Å². The summed E-state index contributed by atoms with van der Waals surface area (Å²) in [4.78, 5) is 6.82. The Labute approximate surface area is 123 Å². The summed E-state index contributed by atoms with van der Waals surface area (Å²) in [6.07, 6.45) is 6.21. The molecule has 1 unspecified atom stereocenters. The number of ether oxygens (including phenoxy) is 1. The van der Waals surface area contributed by atoms with Gasteiger partial charge in [-0.15, -0.1) is 0 Å². The summed E-state index contributed by atoms with van der Waals surface area (Å²) in [5.74, 6) is 0.892. The van der Waals surface area contributed by atoms with E-state index in [9.17, 15) is 0 Å². The number of nitrogens with zero attached hydrogens (tertiary/aromatic N) is 2. The maximum Gasteiger partial charge on any atom is 0.191 e. The topological polar surface area (TPSA) is 48.9 Å². The molecule has 1 atom stereocenters. The molecule has 0 aromatic heterocycles. The molecular weight excluding hydrogens is 252 g/mol. The molecule has 2 aliphatic rings. The van der Waals surface area contributed by atoms with Gasteiger partial charge in [0.25, 0.3) is 0 Å². The molecule has 5 nitrogen and oxygen atoms in total. The molecule has 0 amide bonds. The molecule has 5 heteroatoms. The normalized spacial score (nSPS) is 28.0. The fourth-order valence-electron chi connectivity index (χ4n) is 2.98. The Bertz CT molecular complexity index is 307. The van der Waals surface area contributed by atoms with Gasteiger partial charge in [0.15, 0.2) is 5.96 Å². The number of nitrogens with one attached hydrogen (secondary N) is 2. The predicted molar refractivity (Wildman–Crippen MR) is 83.2 cm³/mol. The van der Waals surface area contributed by atoms with Crippen LogP contribution in [0.2, 0.25) is 0 Å². The smallest absolute Gasteiger partial charge is 0.191 e. The molecule has 2 heterocycles. The van der Waals surface area contributed by atoms with Gasteiger partial charge in [0, 0.05) is 26.7 Å². The Kier molecular flexibility index (Phi) is 6.10. The molecule has 2 saturated heterocycles. The van der Waals surface area contributed by atoms with Gasteiger partial charge in [-0.2, -0.15) is 0 Å².